The second kappa shape index (κ2) is 4.86. The van der Waals surface area contributed by atoms with Gasteiger partial charge < -0.3 is 4.74 Å². The van der Waals surface area contributed by atoms with E-state index in [1.165, 1.54) is 5.69 Å². The minimum absolute atomic E-state index is 0. The Hall–Kier alpha value is -0.221. The van der Waals surface area contributed by atoms with E-state index in [0.717, 1.165) is 10.2 Å². The van der Waals surface area contributed by atoms with E-state index in [0.29, 0.717) is 0 Å². The first-order valence-corrected chi connectivity index (χ1v) is 4.00. The van der Waals surface area contributed by atoms with Gasteiger partial charge in [-0.3, -0.25) is 4.48 Å². The molecule has 1 aromatic rings. The maximum atomic E-state index is 5.26. The number of rotatable bonds is 2. The molecule has 0 aliphatic carbocycles. The molecule has 0 heterocycles. The summed E-state index contributed by atoms with van der Waals surface area (Å²) in [7, 11) is 8.07. The first kappa shape index (κ1) is 12.8. The SMILES string of the molecule is COc1ccccc1[N+](C)(C)C.[SnH4]. The van der Waals surface area contributed by atoms with Crippen LogP contribution in [0.4, 0.5) is 5.69 Å². The van der Waals surface area contributed by atoms with Crippen molar-refractivity contribution in [3.05, 3.63) is 24.3 Å². The molecule has 3 heteroatoms. The summed E-state index contributed by atoms with van der Waals surface area (Å²) >= 11 is 0. The Labute approximate surface area is 97.1 Å². The molecule has 0 aliphatic heterocycles. The van der Waals surface area contributed by atoms with Crippen LogP contribution in [-0.2, 0) is 0 Å². The molecule has 13 heavy (non-hydrogen) atoms. The summed E-state index contributed by atoms with van der Waals surface area (Å²) in [6, 6.07) is 8.08. The number of para-hydroxylation sites is 2. The van der Waals surface area contributed by atoms with E-state index in [4.69, 9.17) is 4.74 Å². The van der Waals surface area contributed by atoms with E-state index in [1.54, 1.807) is 7.11 Å². The molecular weight excluding hydrogens is 269 g/mol. The first-order valence-electron chi connectivity index (χ1n) is 4.00. The van der Waals surface area contributed by atoms with E-state index in [-0.39, 0.29) is 23.9 Å². The van der Waals surface area contributed by atoms with Crippen LogP contribution in [0.1, 0.15) is 0 Å². The Bertz CT molecular complexity index is 268. The van der Waals surface area contributed by atoms with Gasteiger partial charge in [0.15, 0.2) is 11.4 Å². The summed E-state index contributed by atoms with van der Waals surface area (Å²) in [6.45, 7) is 0. The standard InChI is InChI=1S/C10H16NO.Sn.4H/c1-11(2,3)9-7-5-6-8-10(9)12-4;;;;;/h5-8H,1-4H3;;;;;/q+1;;;;;. The molecule has 0 aliphatic rings. The van der Waals surface area contributed by atoms with Crippen LogP contribution in [0.3, 0.4) is 0 Å². The van der Waals surface area contributed by atoms with Gasteiger partial charge in [0, 0.05) is 6.07 Å². The zero-order chi connectivity index (χ0) is 9.19. The van der Waals surface area contributed by atoms with Crippen molar-refractivity contribution < 1.29 is 4.74 Å². The molecule has 0 fully saturated rings. The fraction of sp³-hybridized carbons (Fsp3) is 0.400. The predicted molar refractivity (Wildman–Crippen MR) is 63.9 cm³/mol. The van der Waals surface area contributed by atoms with E-state index in [9.17, 15) is 0 Å². The number of quaternary nitrogens is 1. The van der Waals surface area contributed by atoms with Gasteiger partial charge in [-0.25, -0.2) is 0 Å². The van der Waals surface area contributed by atoms with Crippen LogP contribution in [-0.4, -0.2) is 52.2 Å². The van der Waals surface area contributed by atoms with Gasteiger partial charge in [0.05, 0.1) is 28.3 Å². The quantitative estimate of drug-likeness (QED) is 0.567. The third kappa shape index (κ3) is 3.19. The Morgan fingerprint density at radius 2 is 1.62 bits per heavy atom. The van der Waals surface area contributed by atoms with Crippen molar-refractivity contribution >= 4 is 29.6 Å². The number of hydrogen-bond acceptors (Lipinski definition) is 1. The third-order valence-corrected chi connectivity index (χ3v) is 1.81. The number of hydrogen-bond donors (Lipinski definition) is 0. The van der Waals surface area contributed by atoms with E-state index >= 15 is 0 Å². The summed E-state index contributed by atoms with van der Waals surface area (Å²) < 4.78 is 6.04. The van der Waals surface area contributed by atoms with Crippen molar-refractivity contribution in [1.82, 2.24) is 4.48 Å². The fourth-order valence-corrected chi connectivity index (χ4v) is 1.18. The van der Waals surface area contributed by atoms with Gasteiger partial charge in [0.25, 0.3) is 0 Å². The van der Waals surface area contributed by atoms with Crippen molar-refractivity contribution in [2.45, 2.75) is 0 Å². The number of methoxy groups -OCH3 is 1. The molecule has 0 unspecified atom stereocenters. The van der Waals surface area contributed by atoms with Crippen LogP contribution in [0, 0.1) is 0 Å². The zero-order valence-corrected chi connectivity index (χ0v) is 8.16. The summed E-state index contributed by atoms with van der Waals surface area (Å²) in [5.74, 6) is 0.949. The first-order chi connectivity index (χ1) is 5.55. The number of ether oxygens (including phenoxy) is 1. The molecule has 2 nitrogen and oxygen atoms in total. The van der Waals surface area contributed by atoms with Crippen molar-refractivity contribution in [1.29, 1.82) is 0 Å². The van der Waals surface area contributed by atoms with Crippen molar-refractivity contribution in [2.75, 3.05) is 28.3 Å². The van der Waals surface area contributed by atoms with Crippen LogP contribution in [0.25, 0.3) is 0 Å². The Kier molecular flexibility index (Phi) is 4.78. The van der Waals surface area contributed by atoms with Crippen LogP contribution in [0.15, 0.2) is 24.3 Å². The summed E-state index contributed by atoms with van der Waals surface area (Å²) in [6.07, 6.45) is 0. The molecule has 0 N–H and O–H groups in total. The van der Waals surface area contributed by atoms with Gasteiger partial charge in [-0.2, -0.15) is 0 Å². The van der Waals surface area contributed by atoms with Gasteiger partial charge in [-0.05, 0) is 6.07 Å². The molecule has 74 valence electrons. The van der Waals surface area contributed by atoms with Gasteiger partial charge in [-0.1, -0.05) is 12.1 Å². The molecule has 0 saturated carbocycles. The van der Waals surface area contributed by atoms with Crippen LogP contribution in [0.5, 0.6) is 5.75 Å². The van der Waals surface area contributed by atoms with Crippen molar-refractivity contribution in [3.63, 3.8) is 0 Å². The molecule has 0 atom stereocenters. The Morgan fingerprint density at radius 1 is 1.08 bits per heavy atom. The van der Waals surface area contributed by atoms with Crippen LogP contribution in [0.2, 0.25) is 0 Å². The third-order valence-electron chi connectivity index (χ3n) is 1.81. The normalized spacial score (nSPS) is 10.5. The maximum absolute atomic E-state index is 5.26. The number of nitrogens with zero attached hydrogens (tertiary/aromatic N) is 1. The molecule has 0 amide bonds. The molecule has 0 saturated heterocycles. The van der Waals surface area contributed by atoms with Gasteiger partial charge in [0.1, 0.15) is 0 Å². The van der Waals surface area contributed by atoms with E-state index < -0.39 is 0 Å². The second-order valence-corrected chi connectivity index (χ2v) is 3.68. The average Bonchev–Trinajstić information content (AvgIpc) is 2.03. The topological polar surface area (TPSA) is 9.23 Å². The van der Waals surface area contributed by atoms with Gasteiger partial charge in [0.2, 0.25) is 0 Å². The van der Waals surface area contributed by atoms with Crippen LogP contribution < -0.4 is 9.22 Å². The van der Waals surface area contributed by atoms with Crippen molar-refractivity contribution in [3.8, 4) is 5.75 Å². The Morgan fingerprint density at radius 3 is 2.00 bits per heavy atom. The summed E-state index contributed by atoms with van der Waals surface area (Å²) in [5, 5.41) is 0. The zero-order valence-electron chi connectivity index (χ0n) is 8.16. The van der Waals surface area contributed by atoms with Gasteiger partial charge >= 0.3 is 23.9 Å². The van der Waals surface area contributed by atoms with Gasteiger partial charge in [-0.15, -0.1) is 0 Å². The van der Waals surface area contributed by atoms with Crippen molar-refractivity contribution in [2.24, 2.45) is 0 Å². The van der Waals surface area contributed by atoms with E-state index in [2.05, 4.69) is 27.2 Å². The fourth-order valence-electron chi connectivity index (χ4n) is 1.18. The molecule has 1 aromatic carbocycles. The van der Waals surface area contributed by atoms with Crippen LogP contribution >= 0.6 is 0 Å². The molecule has 0 radical (unpaired) electrons. The molecule has 0 spiro atoms. The molecule has 1 rings (SSSR count). The monoisotopic (exact) mass is 290 g/mol. The molecular formula is C10H20NOSn+. The summed E-state index contributed by atoms with van der Waals surface area (Å²) in [5.41, 5.74) is 1.19. The van der Waals surface area contributed by atoms with E-state index in [1.807, 2.05) is 18.2 Å². The molecule has 0 bridgehead atoms. The predicted octanol–water partition coefficient (Wildman–Crippen LogP) is 0.440. The average molecular weight is 289 g/mol. The number of benzene rings is 1. The summed E-state index contributed by atoms with van der Waals surface area (Å²) in [4.78, 5) is 0. The Balaban J connectivity index is 0.00000144. The second-order valence-electron chi connectivity index (χ2n) is 3.68. The minimum atomic E-state index is 0. The molecule has 0 aromatic heterocycles.